The Hall–Kier alpha value is -2.66. The third-order valence-corrected chi connectivity index (χ3v) is 5.70. The van der Waals surface area contributed by atoms with Gasteiger partial charge < -0.3 is 8.98 Å². The average molecular weight is 348 g/mol. The number of hydrogen-bond donors (Lipinski definition) is 0. The third kappa shape index (κ3) is 2.51. The number of para-hydroxylation sites is 1. The summed E-state index contributed by atoms with van der Waals surface area (Å²) >= 11 is 0. The highest BCUT2D eigenvalue weighted by Crippen LogP contribution is 2.35. The van der Waals surface area contributed by atoms with Gasteiger partial charge >= 0.3 is 0 Å². The molecule has 0 aliphatic carbocycles. The van der Waals surface area contributed by atoms with Crippen LogP contribution < -0.4 is 11.0 Å². The normalized spacial score (nSPS) is 22.3. The second-order valence-corrected chi connectivity index (χ2v) is 7.48. The van der Waals surface area contributed by atoms with Crippen molar-refractivity contribution in [3.05, 3.63) is 80.6 Å². The molecule has 2 aromatic heterocycles. The van der Waals surface area contributed by atoms with Crippen molar-refractivity contribution in [3.8, 4) is 0 Å². The zero-order chi connectivity index (χ0) is 17.7. The van der Waals surface area contributed by atoms with Crippen LogP contribution in [-0.4, -0.2) is 22.6 Å². The summed E-state index contributed by atoms with van der Waals surface area (Å²) in [4.78, 5) is 27.2. The molecule has 0 amide bonds. The Morgan fingerprint density at radius 3 is 2.81 bits per heavy atom. The maximum Gasteiger partial charge on any atom is 0.250 e. The number of benzene rings is 1. The SMILES string of the molecule is O=c1c(CN2C[C@@H]3C[C@@H](C2)c2cccc(=O)n2C3)coc2ccccc12. The molecule has 0 N–H and O–H groups in total. The van der Waals surface area contributed by atoms with Crippen molar-refractivity contribution in [2.24, 2.45) is 5.92 Å². The number of aromatic nitrogens is 1. The van der Waals surface area contributed by atoms with E-state index in [9.17, 15) is 9.59 Å². The molecule has 5 rings (SSSR count). The molecule has 5 nitrogen and oxygen atoms in total. The number of fused-ring (bicyclic) bond motifs is 5. The highest BCUT2D eigenvalue weighted by atomic mass is 16.3. The summed E-state index contributed by atoms with van der Waals surface area (Å²) in [7, 11) is 0. The second-order valence-electron chi connectivity index (χ2n) is 7.48. The minimum absolute atomic E-state index is 0.0548. The monoisotopic (exact) mass is 348 g/mol. The number of piperidine rings is 1. The molecule has 26 heavy (non-hydrogen) atoms. The summed E-state index contributed by atoms with van der Waals surface area (Å²) in [5.74, 6) is 0.803. The van der Waals surface area contributed by atoms with Gasteiger partial charge in [-0.1, -0.05) is 18.2 Å². The van der Waals surface area contributed by atoms with Crippen molar-refractivity contribution in [1.29, 1.82) is 0 Å². The predicted molar refractivity (Wildman–Crippen MR) is 99.3 cm³/mol. The van der Waals surface area contributed by atoms with E-state index in [1.165, 1.54) is 0 Å². The molecule has 1 aromatic carbocycles. The zero-order valence-corrected chi connectivity index (χ0v) is 14.4. The number of hydrogen-bond acceptors (Lipinski definition) is 4. The van der Waals surface area contributed by atoms with Gasteiger partial charge in [0.25, 0.3) is 5.56 Å². The second kappa shape index (κ2) is 5.95. The fourth-order valence-electron chi connectivity index (χ4n) is 4.59. The van der Waals surface area contributed by atoms with Gasteiger partial charge in [0.2, 0.25) is 0 Å². The standard InChI is InChI=1S/C21H20N2O3/c24-20-7-3-5-18-15-8-14(10-23(18)20)9-22(11-15)12-16-13-26-19-6-2-1-4-17(19)21(16)25/h1-7,13-15H,8-12H2/t14-,15-/m0/s1. The highest BCUT2D eigenvalue weighted by Gasteiger charge is 2.34. The van der Waals surface area contributed by atoms with Crippen LogP contribution in [0.3, 0.4) is 0 Å². The van der Waals surface area contributed by atoms with Gasteiger partial charge in [-0.05, 0) is 30.5 Å². The molecule has 1 saturated heterocycles. The van der Waals surface area contributed by atoms with Gasteiger partial charge in [-0.3, -0.25) is 14.5 Å². The fraction of sp³-hybridized carbons (Fsp3) is 0.333. The van der Waals surface area contributed by atoms with Gasteiger partial charge in [0.05, 0.1) is 11.6 Å². The van der Waals surface area contributed by atoms with E-state index in [1.54, 1.807) is 12.3 Å². The number of rotatable bonds is 2. The number of nitrogens with zero attached hydrogens (tertiary/aromatic N) is 2. The molecule has 0 saturated carbocycles. The first kappa shape index (κ1) is 15.6. The lowest BCUT2D eigenvalue weighted by Crippen LogP contribution is -2.47. The maximum atomic E-state index is 12.8. The smallest absolute Gasteiger partial charge is 0.250 e. The van der Waals surface area contributed by atoms with Crippen LogP contribution in [0.25, 0.3) is 11.0 Å². The van der Waals surface area contributed by atoms with Gasteiger partial charge in [0.15, 0.2) is 5.43 Å². The zero-order valence-electron chi connectivity index (χ0n) is 14.4. The first-order valence-electron chi connectivity index (χ1n) is 9.10. The van der Waals surface area contributed by atoms with Crippen LogP contribution in [0.15, 0.2) is 62.7 Å². The van der Waals surface area contributed by atoms with E-state index in [1.807, 2.05) is 34.9 Å². The van der Waals surface area contributed by atoms with Crippen LogP contribution in [0.5, 0.6) is 0 Å². The van der Waals surface area contributed by atoms with Crippen LogP contribution in [0, 0.1) is 5.92 Å². The molecule has 3 aromatic rings. The van der Waals surface area contributed by atoms with E-state index in [0.717, 1.165) is 31.7 Å². The summed E-state index contributed by atoms with van der Waals surface area (Å²) < 4.78 is 7.59. The quantitative estimate of drug-likeness (QED) is 0.714. The largest absolute Gasteiger partial charge is 0.464 e. The molecular weight excluding hydrogens is 328 g/mol. The Bertz CT molecular complexity index is 1100. The van der Waals surface area contributed by atoms with Crippen LogP contribution in [0.1, 0.15) is 23.6 Å². The number of likely N-dealkylation sites (tertiary alicyclic amines) is 1. The van der Waals surface area contributed by atoms with Crippen LogP contribution in [0.2, 0.25) is 0 Å². The van der Waals surface area contributed by atoms with Crippen molar-refractivity contribution >= 4 is 11.0 Å². The summed E-state index contributed by atoms with van der Waals surface area (Å²) in [6, 6.07) is 12.9. The van der Waals surface area contributed by atoms with E-state index >= 15 is 0 Å². The molecular formula is C21H20N2O3. The van der Waals surface area contributed by atoms with Crippen molar-refractivity contribution in [1.82, 2.24) is 9.47 Å². The van der Waals surface area contributed by atoms with E-state index in [4.69, 9.17) is 4.42 Å². The Morgan fingerprint density at radius 2 is 1.88 bits per heavy atom. The molecule has 4 heterocycles. The third-order valence-electron chi connectivity index (χ3n) is 5.70. The predicted octanol–water partition coefficient (Wildman–Crippen LogP) is 2.57. The van der Waals surface area contributed by atoms with Gasteiger partial charge in [-0.2, -0.15) is 0 Å². The molecule has 2 bridgehead atoms. The lowest BCUT2D eigenvalue weighted by molar-refractivity contribution is 0.113. The van der Waals surface area contributed by atoms with Gasteiger partial charge in [-0.15, -0.1) is 0 Å². The summed E-state index contributed by atoms with van der Waals surface area (Å²) in [6.07, 6.45) is 2.72. The average Bonchev–Trinajstić information content (AvgIpc) is 2.65. The molecule has 2 atom stereocenters. The summed E-state index contributed by atoms with van der Waals surface area (Å²) in [5, 5.41) is 0.638. The van der Waals surface area contributed by atoms with Crippen molar-refractivity contribution in [2.45, 2.75) is 25.4 Å². The van der Waals surface area contributed by atoms with E-state index < -0.39 is 0 Å². The first-order chi connectivity index (χ1) is 12.7. The van der Waals surface area contributed by atoms with E-state index in [2.05, 4.69) is 11.0 Å². The minimum Gasteiger partial charge on any atom is -0.464 e. The van der Waals surface area contributed by atoms with Crippen LogP contribution in [-0.2, 0) is 13.1 Å². The lowest BCUT2D eigenvalue weighted by Gasteiger charge is -2.42. The molecule has 2 aliphatic rings. The lowest BCUT2D eigenvalue weighted by atomic mass is 9.83. The van der Waals surface area contributed by atoms with Gasteiger partial charge in [0, 0.05) is 49.4 Å². The Kier molecular flexibility index (Phi) is 3.57. The first-order valence-corrected chi connectivity index (χ1v) is 9.10. The van der Waals surface area contributed by atoms with Gasteiger partial charge in [-0.25, -0.2) is 0 Å². The molecule has 0 spiro atoms. The number of pyridine rings is 1. The molecule has 2 aliphatic heterocycles. The van der Waals surface area contributed by atoms with E-state index in [-0.39, 0.29) is 11.0 Å². The van der Waals surface area contributed by atoms with Crippen molar-refractivity contribution in [2.75, 3.05) is 13.1 Å². The van der Waals surface area contributed by atoms with Crippen LogP contribution in [0.4, 0.5) is 0 Å². The molecule has 132 valence electrons. The van der Waals surface area contributed by atoms with E-state index in [0.29, 0.717) is 34.9 Å². The fourth-order valence-corrected chi connectivity index (χ4v) is 4.59. The Balaban J connectivity index is 1.44. The summed E-state index contributed by atoms with van der Waals surface area (Å²) in [6.45, 7) is 3.14. The molecule has 1 fully saturated rings. The van der Waals surface area contributed by atoms with Crippen molar-refractivity contribution < 1.29 is 4.42 Å². The topological polar surface area (TPSA) is 55.5 Å². The molecule has 0 unspecified atom stereocenters. The maximum absolute atomic E-state index is 12.8. The molecule has 5 heteroatoms. The van der Waals surface area contributed by atoms with Gasteiger partial charge in [0.1, 0.15) is 5.58 Å². The minimum atomic E-state index is 0.0548. The highest BCUT2D eigenvalue weighted by molar-refractivity contribution is 5.76. The summed E-state index contributed by atoms with van der Waals surface area (Å²) in [5.41, 5.74) is 2.61. The Morgan fingerprint density at radius 1 is 1.00 bits per heavy atom. The molecule has 0 radical (unpaired) electrons. The van der Waals surface area contributed by atoms with Crippen LogP contribution >= 0.6 is 0 Å². The Labute approximate surface area is 150 Å². The van der Waals surface area contributed by atoms with Crippen molar-refractivity contribution in [3.63, 3.8) is 0 Å².